The summed E-state index contributed by atoms with van der Waals surface area (Å²) < 4.78 is 0. The van der Waals surface area contributed by atoms with E-state index in [1.807, 2.05) is 70.1 Å². The number of piperazine rings is 1. The maximum Gasteiger partial charge on any atom is 0.243 e. The van der Waals surface area contributed by atoms with Gasteiger partial charge in [0.1, 0.15) is 26.2 Å². The summed E-state index contributed by atoms with van der Waals surface area (Å²) in [4.78, 5) is 63.0. The summed E-state index contributed by atoms with van der Waals surface area (Å²) in [6.07, 6.45) is 0. The zero-order chi connectivity index (χ0) is 27.9. The maximum atomic E-state index is 13.3. The molecule has 0 unspecified atom stereocenters. The van der Waals surface area contributed by atoms with Gasteiger partial charge in [-0.15, -0.1) is 45.3 Å². The van der Waals surface area contributed by atoms with Crippen LogP contribution in [-0.2, 0) is 45.4 Å². The highest BCUT2D eigenvalue weighted by atomic mass is 32.1. The minimum atomic E-state index is -0.337. The summed E-state index contributed by atoms with van der Waals surface area (Å²) in [5.74, 6) is -1.11. The second-order valence-corrected chi connectivity index (χ2v) is 13.4. The quantitative estimate of drug-likeness (QED) is 0.238. The first-order chi connectivity index (χ1) is 19.4. The first-order valence-electron chi connectivity index (χ1n) is 12.6. The number of hydrogen-bond donors (Lipinski definition) is 0. The van der Waals surface area contributed by atoms with Crippen LogP contribution in [0.1, 0.15) is 19.5 Å². The zero-order valence-corrected chi connectivity index (χ0v) is 24.9. The van der Waals surface area contributed by atoms with Crippen molar-refractivity contribution in [3.63, 3.8) is 0 Å². The lowest BCUT2D eigenvalue weighted by molar-refractivity contribution is -0.155. The summed E-state index contributed by atoms with van der Waals surface area (Å²) in [6, 6.07) is 15.7. The Morgan fingerprint density at radius 1 is 0.575 bits per heavy atom. The number of amides is 4. The molecule has 0 bridgehead atoms. The maximum absolute atomic E-state index is 13.3. The van der Waals surface area contributed by atoms with E-state index in [4.69, 9.17) is 0 Å². The van der Waals surface area contributed by atoms with E-state index >= 15 is 0 Å². The van der Waals surface area contributed by atoms with Crippen LogP contribution in [0.2, 0.25) is 0 Å². The smallest absolute Gasteiger partial charge is 0.243 e. The van der Waals surface area contributed by atoms with Crippen LogP contribution in [0, 0.1) is 0 Å². The van der Waals surface area contributed by atoms with Crippen molar-refractivity contribution >= 4 is 69.0 Å². The SMILES string of the molecule is O=C1CN(CC(=O)N(Cc2cccs2)Cc2cccs2)C(=O)CN1CC(=O)N(Cc1cccs1)Cc1cccs1. The molecule has 208 valence electrons. The van der Waals surface area contributed by atoms with Crippen LogP contribution in [0.4, 0.5) is 0 Å². The van der Waals surface area contributed by atoms with Gasteiger partial charge >= 0.3 is 0 Å². The molecule has 1 fully saturated rings. The van der Waals surface area contributed by atoms with Crippen molar-refractivity contribution in [2.45, 2.75) is 26.2 Å². The van der Waals surface area contributed by atoms with E-state index in [1.54, 1.807) is 55.1 Å². The molecule has 1 saturated heterocycles. The van der Waals surface area contributed by atoms with Crippen molar-refractivity contribution in [1.82, 2.24) is 19.6 Å². The highest BCUT2D eigenvalue weighted by Crippen LogP contribution is 2.20. The Labute approximate surface area is 248 Å². The molecule has 4 aromatic rings. The molecule has 4 aromatic heterocycles. The van der Waals surface area contributed by atoms with Gasteiger partial charge in [-0.25, -0.2) is 0 Å². The van der Waals surface area contributed by atoms with Crippen LogP contribution in [0.25, 0.3) is 0 Å². The third kappa shape index (κ3) is 7.45. The fourth-order valence-electron chi connectivity index (χ4n) is 4.34. The van der Waals surface area contributed by atoms with E-state index in [9.17, 15) is 19.2 Å². The molecule has 12 heteroatoms. The molecule has 40 heavy (non-hydrogen) atoms. The second kappa shape index (κ2) is 13.4. The Morgan fingerprint density at radius 2 is 0.875 bits per heavy atom. The molecule has 0 aliphatic carbocycles. The van der Waals surface area contributed by atoms with E-state index in [0.29, 0.717) is 26.2 Å². The Bertz CT molecular complexity index is 1220. The zero-order valence-electron chi connectivity index (χ0n) is 21.6. The lowest BCUT2D eigenvalue weighted by Gasteiger charge is -2.35. The topological polar surface area (TPSA) is 81.2 Å². The summed E-state index contributed by atoms with van der Waals surface area (Å²) in [5, 5.41) is 7.86. The van der Waals surface area contributed by atoms with Gasteiger partial charge in [-0.3, -0.25) is 19.2 Å². The number of thiophene rings is 4. The average Bonchev–Trinajstić information content (AvgIpc) is 3.75. The van der Waals surface area contributed by atoms with Crippen LogP contribution in [0.3, 0.4) is 0 Å². The van der Waals surface area contributed by atoms with E-state index in [0.717, 1.165) is 19.5 Å². The van der Waals surface area contributed by atoms with Crippen molar-refractivity contribution in [2.24, 2.45) is 0 Å². The van der Waals surface area contributed by atoms with Crippen molar-refractivity contribution in [2.75, 3.05) is 26.2 Å². The lowest BCUT2D eigenvalue weighted by Crippen LogP contribution is -2.57. The predicted octanol–water partition coefficient (Wildman–Crippen LogP) is 4.36. The van der Waals surface area contributed by atoms with Crippen LogP contribution in [0.15, 0.2) is 70.1 Å². The molecule has 0 N–H and O–H groups in total. The largest absolute Gasteiger partial charge is 0.331 e. The van der Waals surface area contributed by atoms with Crippen molar-refractivity contribution in [1.29, 1.82) is 0 Å². The minimum absolute atomic E-state index is 0.175. The average molecular weight is 613 g/mol. The molecular weight excluding hydrogens is 585 g/mol. The van der Waals surface area contributed by atoms with Gasteiger partial charge in [-0.1, -0.05) is 24.3 Å². The molecule has 0 atom stereocenters. The normalized spacial score (nSPS) is 13.6. The monoisotopic (exact) mass is 612 g/mol. The van der Waals surface area contributed by atoms with E-state index in [-0.39, 0.29) is 49.8 Å². The van der Waals surface area contributed by atoms with Gasteiger partial charge in [0.05, 0.1) is 26.2 Å². The fraction of sp³-hybridized carbons (Fsp3) is 0.286. The van der Waals surface area contributed by atoms with Gasteiger partial charge < -0.3 is 19.6 Å². The molecule has 8 nitrogen and oxygen atoms in total. The Morgan fingerprint density at radius 3 is 1.12 bits per heavy atom. The van der Waals surface area contributed by atoms with Crippen molar-refractivity contribution in [3.05, 3.63) is 89.6 Å². The summed E-state index contributed by atoms with van der Waals surface area (Å²) in [6.45, 7) is 0.965. The molecule has 0 radical (unpaired) electrons. The number of nitrogens with zero attached hydrogens (tertiary/aromatic N) is 4. The first kappa shape index (κ1) is 28.2. The third-order valence-corrected chi connectivity index (χ3v) is 9.87. The Kier molecular flexibility index (Phi) is 9.42. The second-order valence-electron chi connectivity index (χ2n) is 9.32. The van der Waals surface area contributed by atoms with Gasteiger partial charge in [0.2, 0.25) is 23.6 Å². The molecule has 5 heterocycles. The predicted molar refractivity (Wildman–Crippen MR) is 159 cm³/mol. The molecule has 1 aliphatic heterocycles. The third-order valence-electron chi connectivity index (χ3n) is 6.42. The number of carbonyl (C=O) groups is 4. The van der Waals surface area contributed by atoms with Crippen LogP contribution >= 0.6 is 45.3 Å². The molecule has 5 rings (SSSR count). The minimum Gasteiger partial charge on any atom is -0.331 e. The van der Waals surface area contributed by atoms with Crippen LogP contribution in [-0.4, -0.2) is 69.4 Å². The molecule has 0 saturated carbocycles. The van der Waals surface area contributed by atoms with E-state index < -0.39 is 0 Å². The number of rotatable bonds is 12. The molecule has 1 aliphatic rings. The van der Waals surface area contributed by atoms with Crippen LogP contribution < -0.4 is 0 Å². The van der Waals surface area contributed by atoms with Crippen molar-refractivity contribution < 1.29 is 19.2 Å². The van der Waals surface area contributed by atoms with Crippen LogP contribution in [0.5, 0.6) is 0 Å². The van der Waals surface area contributed by atoms with Gasteiger partial charge in [0, 0.05) is 19.5 Å². The van der Waals surface area contributed by atoms with Gasteiger partial charge in [-0.2, -0.15) is 0 Å². The van der Waals surface area contributed by atoms with Crippen molar-refractivity contribution in [3.8, 4) is 0 Å². The Hall–Kier alpha value is -3.32. The van der Waals surface area contributed by atoms with Gasteiger partial charge in [0.25, 0.3) is 0 Å². The number of carbonyl (C=O) groups excluding carboxylic acids is 4. The summed E-state index contributed by atoms with van der Waals surface area (Å²) in [7, 11) is 0. The highest BCUT2D eigenvalue weighted by molar-refractivity contribution is 7.10. The van der Waals surface area contributed by atoms with E-state index in [2.05, 4.69) is 0 Å². The van der Waals surface area contributed by atoms with Gasteiger partial charge in [0.15, 0.2) is 0 Å². The molecule has 0 aromatic carbocycles. The molecule has 4 amide bonds. The summed E-state index contributed by atoms with van der Waals surface area (Å²) >= 11 is 6.29. The van der Waals surface area contributed by atoms with E-state index in [1.165, 1.54) is 9.80 Å². The summed E-state index contributed by atoms with van der Waals surface area (Å²) in [5.41, 5.74) is 0. The molecule has 0 spiro atoms. The fourth-order valence-corrected chi connectivity index (χ4v) is 7.22. The first-order valence-corrected chi connectivity index (χ1v) is 16.2. The highest BCUT2D eigenvalue weighted by Gasteiger charge is 2.34. The Balaban J connectivity index is 1.20. The standard InChI is InChI=1S/C28H28N4O4S4/c33-25(29(13-21-5-1-9-37-21)14-22-6-2-10-38-22)17-31-19-28(36)32(20-27(31)35)18-26(34)30(15-23-7-3-11-39-23)16-24-8-4-12-40-24/h1-12H,13-20H2. The number of hydrogen-bond acceptors (Lipinski definition) is 8. The van der Waals surface area contributed by atoms with Gasteiger partial charge in [-0.05, 0) is 45.8 Å². The molecular formula is C28H28N4O4S4. The lowest BCUT2D eigenvalue weighted by atomic mass is 10.2.